The topological polar surface area (TPSA) is 0 Å². The number of halogens is 3. The van der Waals surface area contributed by atoms with E-state index in [0.29, 0.717) is 0 Å². The zero-order valence-corrected chi connectivity index (χ0v) is 15.9. The van der Waals surface area contributed by atoms with Crippen LogP contribution in [-0.4, -0.2) is 0 Å². The van der Waals surface area contributed by atoms with Crippen LogP contribution in [0.15, 0.2) is 52.3 Å². The van der Waals surface area contributed by atoms with E-state index in [1.54, 1.807) is 11.3 Å². The minimum absolute atomic E-state index is 0.216. The zero-order valence-electron chi connectivity index (χ0n) is 9.74. The van der Waals surface area contributed by atoms with Gasteiger partial charge in [0, 0.05) is 12.7 Å². The Labute approximate surface area is 146 Å². The Morgan fingerprint density at radius 3 is 2.68 bits per heavy atom. The monoisotopic (exact) mass is 506 g/mol. The molecule has 3 aromatic rings. The molecule has 0 aliphatic rings. The summed E-state index contributed by atoms with van der Waals surface area (Å²) in [7, 11) is 0. The van der Waals surface area contributed by atoms with Gasteiger partial charge in [0.15, 0.2) is 0 Å². The molecule has 1 aromatic heterocycles. The molecule has 0 nitrogen and oxygen atoms in total. The van der Waals surface area contributed by atoms with Crippen molar-refractivity contribution in [3.63, 3.8) is 0 Å². The smallest absolute Gasteiger partial charge is 0.0670 e. The molecule has 0 amide bonds. The van der Waals surface area contributed by atoms with Gasteiger partial charge in [-0.3, -0.25) is 0 Å². The maximum Gasteiger partial charge on any atom is 0.0670 e. The predicted octanol–water partition coefficient (Wildman–Crippen LogP) is 6.75. The Morgan fingerprint density at radius 2 is 1.84 bits per heavy atom. The van der Waals surface area contributed by atoms with Crippen LogP contribution in [0.4, 0.5) is 0 Å². The third-order valence-corrected chi connectivity index (χ3v) is 6.38. The Balaban J connectivity index is 2.13. The van der Waals surface area contributed by atoms with E-state index >= 15 is 0 Å². The van der Waals surface area contributed by atoms with E-state index in [0.717, 1.165) is 4.47 Å². The number of benzene rings is 2. The van der Waals surface area contributed by atoms with Crippen molar-refractivity contribution < 1.29 is 0 Å². The maximum absolute atomic E-state index is 3.85. The van der Waals surface area contributed by atoms with Gasteiger partial charge in [-0.15, -0.1) is 11.3 Å². The number of alkyl halides is 1. The second-order valence-corrected chi connectivity index (χ2v) is 8.14. The fourth-order valence-corrected chi connectivity index (χ4v) is 5.29. The van der Waals surface area contributed by atoms with Crippen LogP contribution in [0.25, 0.3) is 10.1 Å². The molecular formula is C15H9Br2IS. The maximum atomic E-state index is 3.85. The van der Waals surface area contributed by atoms with Gasteiger partial charge in [0.25, 0.3) is 0 Å². The lowest BCUT2D eigenvalue weighted by atomic mass is 10.0. The molecular weight excluding hydrogens is 499 g/mol. The van der Waals surface area contributed by atoms with Crippen LogP contribution in [0.1, 0.15) is 16.0 Å². The zero-order chi connectivity index (χ0) is 13.4. The first-order valence-corrected chi connectivity index (χ1v) is 9.38. The van der Waals surface area contributed by atoms with E-state index in [1.807, 2.05) is 0 Å². The molecule has 0 aliphatic carbocycles. The SMILES string of the molecule is Brc1ccc(I)cc1C(Br)c1csc2ccccc12. The average Bonchev–Trinajstić information content (AvgIpc) is 2.84. The highest BCUT2D eigenvalue weighted by Gasteiger charge is 2.17. The van der Waals surface area contributed by atoms with Gasteiger partial charge in [0.1, 0.15) is 0 Å². The lowest BCUT2D eigenvalue weighted by Gasteiger charge is -2.12. The van der Waals surface area contributed by atoms with Crippen molar-refractivity contribution in [3.05, 3.63) is 67.0 Å². The van der Waals surface area contributed by atoms with Crippen molar-refractivity contribution in [1.29, 1.82) is 0 Å². The summed E-state index contributed by atoms with van der Waals surface area (Å²) in [6.45, 7) is 0. The molecule has 1 heterocycles. The second kappa shape index (κ2) is 5.84. The molecule has 2 aromatic carbocycles. The summed E-state index contributed by atoms with van der Waals surface area (Å²) in [5.41, 5.74) is 2.61. The van der Waals surface area contributed by atoms with E-state index < -0.39 is 0 Å². The second-order valence-electron chi connectivity index (χ2n) is 4.22. The minimum Gasteiger partial charge on any atom is -0.143 e. The third-order valence-electron chi connectivity index (χ3n) is 3.02. The molecule has 0 aliphatic heterocycles. The Kier molecular flexibility index (Phi) is 4.31. The van der Waals surface area contributed by atoms with Crippen LogP contribution in [0.3, 0.4) is 0 Å². The number of fused-ring (bicyclic) bond motifs is 1. The van der Waals surface area contributed by atoms with E-state index in [2.05, 4.69) is 102 Å². The fraction of sp³-hybridized carbons (Fsp3) is 0.0667. The van der Waals surface area contributed by atoms with E-state index in [-0.39, 0.29) is 4.83 Å². The third kappa shape index (κ3) is 2.77. The number of thiophene rings is 1. The van der Waals surface area contributed by atoms with E-state index in [1.165, 1.54) is 24.8 Å². The van der Waals surface area contributed by atoms with Crippen LogP contribution >= 0.6 is 65.8 Å². The summed E-state index contributed by atoms with van der Waals surface area (Å²) in [5.74, 6) is 0. The van der Waals surface area contributed by atoms with E-state index in [4.69, 9.17) is 0 Å². The van der Waals surface area contributed by atoms with Crippen molar-refractivity contribution in [2.75, 3.05) is 0 Å². The van der Waals surface area contributed by atoms with E-state index in [9.17, 15) is 0 Å². The minimum atomic E-state index is 0.216. The molecule has 3 rings (SSSR count). The highest BCUT2D eigenvalue weighted by Crippen LogP contribution is 2.41. The Morgan fingerprint density at radius 1 is 1.05 bits per heavy atom. The number of hydrogen-bond donors (Lipinski definition) is 0. The van der Waals surface area contributed by atoms with Gasteiger partial charge in [0.05, 0.1) is 4.83 Å². The van der Waals surface area contributed by atoms with Crippen molar-refractivity contribution in [3.8, 4) is 0 Å². The molecule has 4 heteroatoms. The first-order valence-electron chi connectivity index (χ1n) is 5.72. The number of hydrogen-bond acceptors (Lipinski definition) is 1. The lowest BCUT2D eigenvalue weighted by Crippen LogP contribution is -1.93. The van der Waals surface area contributed by atoms with Gasteiger partial charge >= 0.3 is 0 Å². The predicted molar refractivity (Wildman–Crippen MR) is 99.5 cm³/mol. The molecule has 0 fully saturated rings. The van der Waals surface area contributed by atoms with Crippen molar-refractivity contribution in [2.45, 2.75) is 4.83 Å². The summed E-state index contributed by atoms with van der Waals surface area (Å²) in [5, 5.41) is 3.58. The summed E-state index contributed by atoms with van der Waals surface area (Å²) >= 11 is 11.7. The summed E-state index contributed by atoms with van der Waals surface area (Å²) in [6, 6.07) is 15.0. The molecule has 0 saturated carbocycles. The Hall–Kier alpha value is 0.0900. The first kappa shape index (κ1) is 14.0. The van der Waals surface area contributed by atoms with Crippen LogP contribution in [0, 0.1) is 3.57 Å². The highest BCUT2D eigenvalue weighted by molar-refractivity contribution is 14.1. The highest BCUT2D eigenvalue weighted by atomic mass is 127. The molecule has 1 atom stereocenters. The summed E-state index contributed by atoms with van der Waals surface area (Å²) in [4.78, 5) is 0.216. The fourth-order valence-electron chi connectivity index (χ4n) is 2.07. The van der Waals surface area contributed by atoms with Crippen LogP contribution in [0.5, 0.6) is 0 Å². The van der Waals surface area contributed by atoms with Gasteiger partial charge in [0.2, 0.25) is 0 Å². The molecule has 1 unspecified atom stereocenters. The normalized spacial score (nSPS) is 12.8. The van der Waals surface area contributed by atoms with Crippen LogP contribution in [0.2, 0.25) is 0 Å². The summed E-state index contributed by atoms with van der Waals surface area (Å²) in [6.07, 6.45) is 0. The molecule has 0 N–H and O–H groups in total. The quantitative estimate of drug-likeness (QED) is 0.266. The molecule has 96 valence electrons. The van der Waals surface area contributed by atoms with Gasteiger partial charge in [-0.05, 0) is 68.7 Å². The van der Waals surface area contributed by atoms with Crippen LogP contribution < -0.4 is 0 Å². The molecule has 19 heavy (non-hydrogen) atoms. The largest absolute Gasteiger partial charge is 0.143 e. The van der Waals surface area contributed by atoms with Crippen molar-refractivity contribution in [2.24, 2.45) is 0 Å². The molecule has 0 saturated heterocycles. The van der Waals surface area contributed by atoms with Crippen molar-refractivity contribution >= 4 is 75.9 Å². The number of rotatable bonds is 2. The first-order chi connectivity index (χ1) is 9.16. The van der Waals surface area contributed by atoms with Gasteiger partial charge < -0.3 is 0 Å². The lowest BCUT2D eigenvalue weighted by molar-refractivity contribution is 1.19. The Bertz CT molecular complexity index is 736. The van der Waals surface area contributed by atoms with Gasteiger partial charge in [-0.1, -0.05) is 50.1 Å². The summed E-state index contributed by atoms with van der Waals surface area (Å²) < 4.78 is 3.73. The molecule has 0 radical (unpaired) electrons. The standard InChI is InChI=1S/C15H9Br2IS/c16-13-6-5-9(18)7-11(13)15(17)12-8-19-14-4-2-1-3-10(12)14/h1-8,15H. The van der Waals surface area contributed by atoms with Crippen molar-refractivity contribution in [1.82, 2.24) is 0 Å². The van der Waals surface area contributed by atoms with Gasteiger partial charge in [-0.25, -0.2) is 0 Å². The van der Waals surface area contributed by atoms with Gasteiger partial charge in [-0.2, -0.15) is 0 Å². The average molecular weight is 508 g/mol. The van der Waals surface area contributed by atoms with Crippen LogP contribution in [-0.2, 0) is 0 Å². The molecule has 0 spiro atoms. The molecule has 0 bridgehead atoms.